The van der Waals surface area contributed by atoms with E-state index in [1.807, 2.05) is 0 Å². The number of rotatable bonds is 8. The summed E-state index contributed by atoms with van der Waals surface area (Å²) in [6.07, 6.45) is 11.6. The van der Waals surface area contributed by atoms with Crippen molar-refractivity contribution in [2.45, 2.75) is 73.3 Å². The van der Waals surface area contributed by atoms with Crippen LogP contribution in [0.1, 0.15) is 64.7 Å². The number of ether oxygens (including phenoxy) is 1. The van der Waals surface area contributed by atoms with Crippen molar-refractivity contribution in [3.63, 3.8) is 0 Å². The second-order valence-corrected chi connectivity index (χ2v) is 12.0. The third-order valence-electron chi connectivity index (χ3n) is 3.50. The molecule has 0 saturated carbocycles. The van der Waals surface area contributed by atoms with E-state index in [0.717, 1.165) is 17.5 Å². The zero-order valence-corrected chi connectivity index (χ0v) is 14.1. The van der Waals surface area contributed by atoms with E-state index in [2.05, 4.69) is 6.92 Å². The topological polar surface area (TPSA) is 29.5 Å². The molecule has 0 aromatic rings. The van der Waals surface area contributed by atoms with Crippen LogP contribution in [0, 0.1) is 0 Å². The first-order valence-corrected chi connectivity index (χ1v) is 12.8. The maximum absolute atomic E-state index is 10.2. The first kappa shape index (κ1) is 14.8. The molecule has 1 heterocycles. The first-order chi connectivity index (χ1) is 7.84. The van der Waals surface area contributed by atoms with Crippen LogP contribution in [0.5, 0.6) is 0 Å². The summed E-state index contributed by atoms with van der Waals surface area (Å²) >= 11 is -2.25. The van der Waals surface area contributed by atoms with Crippen molar-refractivity contribution in [1.82, 2.24) is 0 Å². The third kappa shape index (κ3) is 6.45. The van der Waals surface area contributed by atoms with Crippen LogP contribution in [0.15, 0.2) is 0 Å². The maximum atomic E-state index is 10.2. The fourth-order valence-corrected chi connectivity index (χ4v) is 8.26. The van der Waals surface area contributed by atoms with Crippen LogP contribution in [0.25, 0.3) is 0 Å². The first-order valence-electron chi connectivity index (χ1n) is 7.14. The van der Waals surface area contributed by atoms with Crippen LogP contribution in [0.3, 0.4) is 0 Å². The summed E-state index contributed by atoms with van der Waals surface area (Å²) in [5.41, 5.74) is 0. The molecule has 3 heteroatoms. The molecule has 2 atom stereocenters. The Bertz CT molecular complexity index is 158. The summed E-state index contributed by atoms with van der Waals surface area (Å²) < 4.78 is 17.3. The molecular weight excluding hydrogens is 307 g/mol. The van der Waals surface area contributed by atoms with Gasteiger partial charge in [0.05, 0.1) is 0 Å². The predicted molar refractivity (Wildman–Crippen MR) is 71.1 cm³/mol. The average molecular weight is 335 g/mol. The van der Waals surface area contributed by atoms with Gasteiger partial charge in [0, 0.05) is 0 Å². The molecule has 0 radical (unpaired) electrons. The fraction of sp³-hybridized carbons (Fsp3) is 1.00. The zero-order valence-electron chi connectivity index (χ0n) is 10.8. The minimum atomic E-state index is -2.25. The molecule has 0 aliphatic carbocycles. The van der Waals surface area contributed by atoms with Crippen molar-refractivity contribution in [3.8, 4) is 0 Å². The molecule has 16 heavy (non-hydrogen) atoms. The van der Waals surface area contributed by atoms with Crippen LogP contribution in [0.4, 0.5) is 0 Å². The second kappa shape index (κ2) is 9.72. The standard InChI is InChI=1S/C8H17.C5H9O.H2O.Sn.H/c1-3-5-7-8-6-4-2;1-2-4-6-5-3-1;;;/h1,3-8H2,2H3;4H,1-3,5H2;1H2;;/q;;;+1;/p-1. The minimum absolute atomic E-state index is 0.339. The average Bonchev–Trinajstić information content (AvgIpc) is 2.34. The molecule has 1 saturated heterocycles. The molecule has 1 rings (SSSR count). The van der Waals surface area contributed by atoms with Gasteiger partial charge in [-0.1, -0.05) is 0 Å². The fourth-order valence-electron chi connectivity index (χ4n) is 2.39. The quantitative estimate of drug-likeness (QED) is 0.545. The van der Waals surface area contributed by atoms with E-state index < -0.39 is 20.2 Å². The van der Waals surface area contributed by atoms with E-state index in [4.69, 9.17) is 4.74 Å². The van der Waals surface area contributed by atoms with Gasteiger partial charge in [0.25, 0.3) is 0 Å². The molecular formula is C13H28O2Sn. The number of unbranched alkanes of at least 4 members (excludes halogenated alkanes) is 5. The van der Waals surface area contributed by atoms with Crippen LogP contribution < -0.4 is 0 Å². The molecule has 1 N–H and O–H groups in total. The molecule has 1 fully saturated rings. The Morgan fingerprint density at radius 3 is 2.56 bits per heavy atom. The summed E-state index contributed by atoms with van der Waals surface area (Å²) in [6, 6.07) is 0. The van der Waals surface area contributed by atoms with Gasteiger partial charge in [-0.3, -0.25) is 0 Å². The molecule has 0 amide bonds. The molecule has 96 valence electrons. The zero-order chi connectivity index (χ0) is 11.6. The van der Waals surface area contributed by atoms with E-state index in [0.29, 0.717) is 4.12 Å². The molecule has 0 aromatic heterocycles. The van der Waals surface area contributed by atoms with E-state index in [1.54, 1.807) is 0 Å². The third-order valence-corrected chi connectivity index (χ3v) is 10.3. The van der Waals surface area contributed by atoms with Crippen molar-refractivity contribution in [2.75, 3.05) is 6.61 Å². The monoisotopic (exact) mass is 336 g/mol. The molecule has 1 aliphatic heterocycles. The van der Waals surface area contributed by atoms with Gasteiger partial charge in [-0.15, -0.1) is 0 Å². The molecule has 1 aliphatic rings. The van der Waals surface area contributed by atoms with Gasteiger partial charge in [0.1, 0.15) is 0 Å². The van der Waals surface area contributed by atoms with Gasteiger partial charge < -0.3 is 0 Å². The SMILES string of the molecule is CCCCCCC[CH2][SnH]([OH])[CH]1CCCCO1. The van der Waals surface area contributed by atoms with Gasteiger partial charge >= 0.3 is 108 Å². The van der Waals surface area contributed by atoms with Crippen molar-refractivity contribution in [1.29, 1.82) is 0 Å². The van der Waals surface area contributed by atoms with Gasteiger partial charge in [-0.05, 0) is 0 Å². The Morgan fingerprint density at radius 2 is 1.88 bits per heavy atom. The van der Waals surface area contributed by atoms with E-state index in [1.165, 1.54) is 51.4 Å². The van der Waals surface area contributed by atoms with Crippen molar-refractivity contribution in [2.24, 2.45) is 0 Å². The summed E-state index contributed by atoms with van der Waals surface area (Å²) in [6.45, 7) is 3.15. The Kier molecular flexibility index (Phi) is 8.98. The van der Waals surface area contributed by atoms with Crippen LogP contribution >= 0.6 is 0 Å². The summed E-state index contributed by atoms with van der Waals surface area (Å²) in [7, 11) is 0. The summed E-state index contributed by atoms with van der Waals surface area (Å²) in [5.74, 6) is 0. The van der Waals surface area contributed by atoms with Crippen LogP contribution in [-0.2, 0) is 4.74 Å². The van der Waals surface area contributed by atoms with Crippen molar-refractivity contribution >= 4 is 20.2 Å². The molecule has 2 unspecified atom stereocenters. The van der Waals surface area contributed by atoms with Gasteiger partial charge in [-0.25, -0.2) is 0 Å². The van der Waals surface area contributed by atoms with E-state index in [-0.39, 0.29) is 0 Å². The molecule has 0 spiro atoms. The Hall–Kier alpha value is 0.719. The van der Waals surface area contributed by atoms with Crippen LogP contribution in [-0.4, -0.2) is 34.3 Å². The summed E-state index contributed by atoms with van der Waals surface area (Å²) in [4.78, 5) is 0. The Balaban J connectivity index is 1.94. The molecule has 0 aromatic carbocycles. The van der Waals surface area contributed by atoms with Crippen LogP contribution in [0.2, 0.25) is 4.44 Å². The number of hydrogen-bond acceptors (Lipinski definition) is 2. The van der Waals surface area contributed by atoms with Gasteiger partial charge in [0.15, 0.2) is 0 Å². The summed E-state index contributed by atoms with van der Waals surface area (Å²) in [5, 5.41) is 0. The molecule has 2 nitrogen and oxygen atoms in total. The van der Waals surface area contributed by atoms with E-state index in [9.17, 15) is 3.44 Å². The van der Waals surface area contributed by atoms with Gasteiger partial charge in [0.2, 0.25) is 0 Å². The van der Waals surface area contributed by atoms with E-state index >= 15 is 0 Å². The Morgan fingerprint density at radius 1 is 1.12 bits per heavy atom. The predicted octanol–water partition coefficient (Wildman–Crippen LogP) is 3.17. The van der Waals surface area contributed by atoms with Crippen molar-refractivity contribution < 1.29 is 8.18 Å². The second-order valence-electron chi connectivity index (χ2n) is 5.03. The Labute approximate surface area is 108 Å². The number of hydrogen-bond donors (Lipinski definition) is 1. The molecule has 0 bridgehead atoms. The normalized spacial score (nSPS) is 23.2. The van der Waals surface area contributed by atoms with Gasteiger partial charge in [-0.2, -0.15) is 0 Å². The van der Waals surface area contributed by atoms with Crippen molar-refractivity contribution in [3.05, 3.63) is 0 Å².